The molecule has 2 heterocycles. The first-order valence-corrected chi connectivity index (χ1v) is 5.68. The second-order valence-corrected chi connectivity index (χ2v) is 4.13. The van der Waals surface area contributed by atoms with Crippen LogP contribution >= 0.6 is 0 Å². The molecule has 0 saturated carbocycles. The number of hydrogen-bond acceptors (Lipinski definition) is 4. The van der Waals surface area contributed by atoms with Crippen LogP contribution in [0.1, 0.15) is 18.2 Å². The monoisotopic (exact) mass is 234 g/mol. The van der Waals surface area contributed by atoms with Crippen LogP contribution in [0.5, 0.6) is 0 Å². The summed E-state index contributed by atoms with van der Waals surface area (Å²) in [7, 11) is 2.01. The molecule has 0 saturated heterocycles. The first kappa shape index (κ1) is 11.6. The van der Waals surface area contributed by atoms with Crippen molar-refractivity contribution in [3.05, 3.63) is 29.9 Å². The molecule has 92 valence electrons. The maximum absolute atomic E-state index is 6.06. The Bertz CT molecular complexity index is 487. The van der Waals surface area contributed by atoms with Crippen LogP contribution in [0.4, 0.5) is 11.5 Å². The standard InChI is InChI=1S/C12H18N4O/c1-4-16-12(11(13)9(2)14-16)15(3)7-10-5-6-17-8-10/h5-6,8H,4,7,13H2,1-3H3. The summed E-state index contributed by atoms with van der Waals surface area (Å²) in [6.07, 6.45) is 3.42. The Morgan fingerprint density at radius 1 is 1.53 bits per heavy atom. The van der Waals surface area contributed by atoms with Gasteiger partial charge in [-0.3, -0.25) is 0 Å². The quantitative estimate of drug-likeness (QED) is 0.879. The fourth-order valence-electron chi connectivity index (χ4n) is 1.94. The van der Waals surface area contributed by atoms with Gasteiger partial charge in [0.2, 0.25) is 0 Å². The topological polar surface area (TPSA) is 60.2 Å². The molecule has 0 fully saturated rings. The van der Waals surface area contributed by atoms with E-state index < -0.39 is 0 Å². The van der Waals surface area contributed by atoms with Crippen LogP contribution in [0.25, 0.3) is 0 Å². The van der Waals surface area contributed by atoms with Gasteiger partial charge in [-0.25, -0.2) is 4.68 Å². The molecule has 2 aromatic heterocycles. The molecule has 0 aliphatic carbocycles. The van der Waals surface area contributed by atoms with Crippen molar-refractivity contribution >= 4 is 11.5 Å². The van der Waals surface area contributed by atoms with Gasteiger partial charge in [-0.2, -0.15) is 5.10 Å². The van der Waals surface area contributed by atoms with Gasteiger partial charge >= 0.3 is 0 Å². The van der Waals surface area contributed by atoms with Crippen molar-refractivity contribution in [1.82, 2.24) is 9.78 Å². The van der Waals surface area contributed by atoms with Crippen LogP contribution in [0, 0.1) is 6.92 Å². The smallest absolute Gasteiger partial charge is 0.150 e. The molecule has 0 unspecified atom stereocenters. The van der Waals surface area contributed by atoms with Crippen molar-refractivity contribution in [3.8, 4) is 0 Å². The van der Waals surface area contributed by atoms with Crippen LogP contribution in [0.2, 0.25) is 0 Å². The molecule has 5 nitrogen and oxygen atoms in total. The number of nitrogens with zero attached hydrogens (tertiary/aromatic N) is 3. The Labute approximate surface area is 101 Å². The van der Waals surface area contributed by atoms with Crippen molar-refractivity contribution < 1.29 is 4.42 Å². The highest BCUT2D eigenvalue weighted by Gasteiger charge is 2.15. The second-order valence-electron chi connectivity index (χ2n) is 4.13. The van der Waals surface area contributed by atoms with Gasteiger partial charge < -0.3 is 15.1 Å². The average Bonchev–Trinajstić information content (AvgIpc) is 2.88. The Hall–Kier alpha value is -1.91. The van der Waals surface area contributed by atoms with Gasteiger partial charge in [-0.15, -0.1) is 0 Å². The first-order valence-electron chi connectivity index (χ1n) is 5.68. The number of nitrogens with two attached hydrogens (primary N) is 1. The first-order chi connectivity index (χ1) is 8.13. The number of aromatic nitrogens is 2. The lowest BCUT2D eigenvalue weighted by molar-refractivity contribution is 0.563. The molecule has 2 aromatic rings. The van der Waals surface area contributed by atoms with E-state index in [1.165, 1.54) is 0 Å². The summed E-state index contributed by atoms with van der Waals surface area (Å²) in [5, 5.41) is 4.41. The molecule has 0 amide bonds. The molecule has 2 rings (SSSR count). The van der Waals surface area contributed by atoms with Crippen LogP contribution in [-0.4, -0.2) is 16.8 Å². The van der Waals surface area contributed by atoms with Gasteiger partial charge in [-0.1, -0.05) is 0 Å². The third kappa shape index (κ3) is 2.13. The zero-order valence-corrected chi connectivity index (χ0v) is 10.5. The minimum Gasteiger partial charge on any atom is -0.472 e. The lowest BCUT2D eigenvalue weighted by atomic mass is 10.3. The van der Waals surface area contributed by atoms with E-state index in [0.29, 0.717) is 0 Å². The van der Waals surface area contributed by atoms with Gasteiger partial charge in [-0.05, 0) is 19.9 Å². The maximum atomic E-state index is 6.06. The number of aryl methyl sites for hydroxylation is 2. The number of anilines is 2. The lowest BCUT2D eigenvalue weighted by Crippen LogP contribution is -2.21. The minimum atomic E-state index is 0.748. The predicted molar refractivity (Wildman–Crippen MR) is 67.9 cm³/mol. The molecule has 0 aliphatic heterocycles. The normalized spacial score (nSPS) is 10.8. The van der Waals surface area contributed by atoms with Gasteiger partial charge in [0, 0.05) is 25.7 Å². The van der Waals surface area contributed by atoms with E-state index in [9.17, 15) is 0 Å². The van der Waals surface area contributed by atoms with Crippen LogP contribution in [0.3, 0.4) is 0 Å². The summed E-state index contributed by atoms with van der Waals surface area (Å²) in [6.45, 7) is 5.55. The zero-order valence-electron chi connectivity index (χ0n) is 10.5. The summed E-state index contributed by atoms with van der Waals surface area (Å²) in [5.41, 5.74) is 8.80. The van der Waals surface area contributed by atoms with Crippen molar-refractivity contribution in [2.75, 3.05) is 17.7 Å². The number of furan rings is 1. The molecule has 0 atom stereocenters. The molecular weight excluding hydrogens is 216 g/mol. The van der Waals surface area contributed by atoms with E-state index >= 15 is 0 Å². The van der Waals surface area contributed by atoms with Crippen LogP contribution in [-0.2, 0) is 13.1 Å². The van der Waals surface area contributed by atoms with Gasteiger partial charge in [0.15, 0.2) is 5.82 Å². The second kappa shape index (κ2) is 4.53. The third-order valence-corrected chi connectivity index (χ3v) is 2.81. The highest BCUT2D eigenvalue weighted by Crippen LogP contribution is 2.26. The number of nitrogen functional groups attached to an aromatic ring is 1. The Kier molecular flexibility index (Phi) is 3.08. The Morgan fingerprint density at radius 2 is 2.29 bits per heavy atom. The molecule has 0 bridgehead atoms. The summed E-state index contributed by atoms with van der Waals surface area (Å²) in [6, 6.07) is 1.95. The average molecular weight is 234 g/mol. The Balaban J connectivity index is 2.26. The lowest BCUT2D eigenvalue weighted by Gasteiger charge is -2.19. The van der Waals surface area contributed by atoms with Crippen molar-refractivity contribution in [3.63, 3.8) is 0 Å². The van der Waals surface area contributed by atoms with E-state index in [1.807, 2.05) is 24.7 Å². The minimum absolute atomic E-state index is 0.748. The third-order valence-electron chi connectivity index (χ3n) is 2.81. The fraction of sp³-hybridized carbons (Fsp3) is 0.417. The van der Waals surface area contributed by atoms with Crippen LogP contribution in [0.15, 0.2) is 23.0 Å². The van der Waals surface area contributed by atoms with Gasteiger partial charge in [0.1, 0.15) is 0 Å². The highest BCUT2D eigenvalue weighted by atomic mass is 16.3. The molecule has 0 aromatic carbocycles. The molecular formula is C12H18N4O. The summed E-state index contributed by atoms with van der Waals surface area (Å²) in [5.74, 6) is 0.964. The van der Waals surface area contributed by atoms with E-state index in [4.69, 9.17) is 10.2 Å². The van der Waals surface area contributed by atoms with Crippen molar-refractivity contribution in [2.24, 2.45) is 0 Å². The summed E-state index contributed by atoms with van der Waals surface area (Å²) in [4.78, 5) is 2.09. The number of hydrogen-bond donors (Lipinski definition) is 1. The Morgan fingerprint density at radius 3 is 2.88 bits per heavy atom. The van der Waals surface area contributed by atoms with Crippen molar-refractivity contribution in [2.45, 2.75) is 26.9 Å². The highest BCUT2D eigenvalue weighted by molar-refractivity contribution is 5.65. The van der Waals surface area contributed by atoms with E-state index in [-0.39, 0.29) is 0 Å². The summed E-state index contributed by atoms with van der Waals surface area (Å²) < 4.78 is 6.98. The van der Waals surface area contributed by atoms with E-state index in [2.05, 4.69) is 16.9 Å². The SMILES string of the molecule is CCn1nc(C)c(N)c1N(C)Cc1ccoc1. The van der Waals surface area contributed by atoms with E-state index in [0.717, 1.165) is 35.9 Å². The molecule has 0 spiro atoms. The van der Waals surface area contributed by atoms with Gasteiger partial charge in [0.25, 0.3) is 0 Å². The largest absolute Gasteiger partial charge is 0.472 e. The molecule has 17 heavy (non-hydrogen) atoms. The van der Waals surface area contributed by atoms with E-state index in [1.54, 1.807) is 12.5 Å². The number of rotatable bonds is 4. The van der Waals surface area contributed by atoms with Crippen molar-refractivity contribution in [1.29, 1.82) is 0 Å². The summed E-state index contributed by atoms with van der Waals surface area (Å²) >= 11 is 0. The predicted octanol–water partition coefficient (Wildman–Crippen LogP) is 2.02. The van der Waals surface area contributed by atoms with Crippen LogP contribution < -0.4 is 10.6 Å². The molecule has 2 N–H and O–H groups in total. The molecule has 5 heteroatoms. The molecule has 0 radical (unpaired) electrons. The zero-order chi connectivity index (χ0) is 12.4. The fourth-order valence-corrected chi connectivity index (χ4v) is 1.94. The molecule has 0 aliphatic rings. The maximum Gasteiger partial charge on any atom is 0.150 e. The van der Waals surface area contributed by atoms with Gasteiger partial charge in [0.05, 0.1) is 23.9 Å².